The molecular formula is C20H23F3N4O6S. The van der Waals surface area contributed by atoms with Gasteiger partial charge in [0.1, 0.15) is 23.2 Å². The molecule has 1 saturated heterocycles. The van der Waals surface area contributed by atoms with Crippen molar-refractivity contribution in [3.05, 3.63) is 23.8 Å². The Labute approximate surface area is 194 Å². The van der Waals surface area contributed by atoms with E-state index in [1.54, 1.807) is 25.9 Å². The predicted molar refractivity (Wildman–Crippen MR) is 114 cm³/mol. The lowest BCUT2D eigenvalue weighted by Crippen LogP contribution is -2.64. The zero-order chi connectivity index (χ0) is 25.1. The third-order valence-electron chi connectivity index (χ3n) is 5.84. The molecule has 3 heterocycles. The number of rotatable bonds is 3. The number of hydrogen-bond donors (Lipinski definition) is 0. The number of aliphatic imine (C=N–C) groups is 2. The summed E-state index contributed by atoms with van der Waals surface area (Å²) in [5.41, 5.74) is -8.35. The Morgan fingerprint density at radius 1 is 1.35 bits per heavy atom. The van der Waals surface area contributed by atoms with Gasteiger partial charge in [-0.3, -0.25) is 9.69 Å². The SMILES string of the molecule is CN(C)/C=N/C1=NC2(C(=O)N1C)c1cc(OS(=O)(=O)C(F)(F)F)ccc1OC1(C)CCCOC12. The zero-order valence-electron chi connectivity index (χ0n) is 18.8. The van der Waals surface area contributed by atoms with Gasteiger partial charge in [-0.1, -0.05) is 0 Å². The van der Waals surface area contributed by atoms with Gasteiger partial charge in [0.15, 0.2) is 0 Å². The first kappa shape index (κ1) is 24.3. The summed E-state index contributed by atoms with van der Waals surface area (Å²) in [5, 5.41) is 0. The van der Waals surface area contributed by atoms with Crippen LogP contribution in [0, 0.1) is 0 Å². The van der Waals surface area contributed by atoms with E-state index in [2.05, 4.69) is 14.2 Å². The van der Waals surface area contributed by atoms with E-state index < -0.39 is 44.5 Å². The lowest BCUT2D eigenvalue weighted by Gasteiger charge is -2.51. The van der Waals surface area contributed by atoms with Gasteiger partial charge < -0.3 is 18.6 Å². The molecule has 1 amide bonds. The number of benzene rings is 1. The van der Waals surface area contributed by atoms with E-state index >= 15 is 0 Å². The molecule has 0 radical (unpaired) electrons. The van der Waals surface area contributed by atoms with Gasteiger partial charge in [0.2, 0.25) is 11.5 Å². The van der Waals surface area contributed by atoms with Gasteiger partial charge in [-0.15, -0.1) is 0 Å². The quantitative estimate of drug-likeness (QED) is 0.267. The van der Waals surface area contributed by atoms with E-state index in [1.165, 1.54) is 24.4 Å². The minimum atomic E-state index is -5.93. The number of likely N-dealkylation sites (N-methyl/N-ethyl adjacent to an activating group) is 1. The maximum absolute atomic E-state index is 13.7. The average Bonchev–Trinajstić information content (AvgIpc) is 2.97. The molecule has 1 aromatic rings. The van der Waals surface area contributed by atoms with Crippen LogP contribution < -0.4 is 8.92 Å². The average molecular weight is 504 g/mol. The number of halogens is 3. The molecule has 0 aliphatic carbocycles. The summed E-state index contributed by atoms with van der Waals surface area (Å²) in [6.45, 7) is 2.08. The van der Waals surface area contributed by atoms with Crippen molar-refractivity contribution in [2.24, 2.45) is 9.98 Å². The van der Waals surface area contributed by atoms with Crippen LogP contribution in [0.25, 0.3) is 0 Å². The van der Waals surface area contributed by atoms with Gasteiger partial charge in [0.25, 0.3) is 5.91 Å². The van der Waals surface area contributed by atoms with Crippen LogP contribution in [0.1, 0.15) is 25.3 Å². The third kappa shape index (κ3) is 3.68. The molecule has 3 aliphatic rings. The first-order chi connectivity index (χ1) is 15.7. The molecule has 3 aliphatic heterocycles. The van der Waals surface area contributed by atoms with E-state index in [9.17, 15) is 26.4 Å². The molecule has 34 heavy (non-hydrogen) atoms. The topological polar surface area (TPSA) is 110 Å². The van der Waals surface area contributed by atoms with Crippen molar-refractivity contribution in [3.8, 4) is 11.5 Å². The normalized spacial score (nSPS) is 29.0. The van der Waals surface area contributed by atoms with Gasteiger partial charge in [0.05, 0.1) is 6.34 Å². The Morgan fingerprint density at radius 3 is 2.71 bits per heavy atom. The minimum Gasteiger partial charge on any atom is -0.484 e. The molecule has 14 heteroatoms. The predicted octanol–water partition coefficient (Wildman–Crippen LogP) is 1.86. The molecular weight excluding hydrogens is 481 g/mol. The Kier molecular flexibility index (Phi) is 5.59. The van der Waals surface area contributed by atoms with Crippen molar-refractivity contribution in [3.63, 3.8) is 0 Å². The Balaban J connectivity index is 1.91. The fourth-order valence-electron chi connectivity index (χ4n) is 4.37. The van der Waals surface area contributed by atoms with Crippen molar-refractivity contribution in [1.82, 2.24) is 9.80 Å². The van der Waals surface area contributed by atoms with E-state index in [-0.39, 0.29) is 17.3 Å². The Bertz CT molecular complexity index is 1190. The number of carbonyl (C=O) groups excluding carboxylic acids is 1. The molecule has 0 saturated carbocycles. The van der Waals surface area contributed by atoms with Crippen LogP contribution in [0.5, 0.6) is 11.5 Å². The van der Waals surface area contributed by atoms with E-state index in [0.29, 0.717) is 19.4 Å². The molecule has 3 atom stereocenters. The van der Waals surface area contributed by atoms with Crippen LogP contribution in [0.2, 0.25) is 0 Å². The van der Waals surface area contributed by atoms with Crippen LogP contribution in [-0.2, 0) is 25.2 Å². The first-order valence-electron chi connectivity index (χ1n) is 10.3. The molecule has 1 spiro atoms. The number of guanidine groups is 1. The standard InChI is InChI=1S/C20H23F3N4O6S/c1-18-8-5-9-31-15(18)19(16(28)27(4)17(25-19)24-11-26(2)3)13-10-12(6-7-14(13)32-18)33-34(29,30)20(21,22)23/h6-7,10-11,15H,5,8-9H2,1-4H3/b24-11+. The molecule has 186 valence electrons. The highest BCUT2D eigenvalue weighted by atomic mass is 32.2. The summed E-state index contributed by atoms with van der Waals surface area (Å²) in [7, 11) is -1.01. The van der Waals surface area contributed by atoms with Crippen LogP contribution in [-0.4, -0.2) is 81.4 Å². The van der Waals surface area contributed by atoms with E-state index in [4.69, 9.17) is 9.47 Å². The summed E-state index contributed by atoms with van der Waals surface area (Å²) >= 11 is 0. The second-order valence-electron chi connectivity index (χ2n) is 8.66. The van der Waals surface area contributed by atoms with Crippen LogP contribution in [0.3, 0.4) is 0 Å². The number of amides is 1. The number of fused-ring (bicyclic) bond motifs is 4. The van der Waals surface area contributed by atoms with Crippen LogP contribution in [0.4, 0.5) is 13.2 Å². The summed E-state index contributed by atoms with van der Waals surface area (Å²) < 4.78 is 78.2. The largest absolute Gasteiger partial charge is 0.534 e. The van der Waals surface area contributed by atoms with Gasteiger partial charge in [0, 0.05) is 33.3 Å². The number of hydrogen-bond acceptors (Lipinski definition) is 8. The number of alkyl halides is 3. The monoisotopic (exact) mass is 504 g/mol. The van der Waals surface area contributed by atoms with Crippen molar-refractivity contribution < 1.29 is 40.0 Å². The summed E-state index contributed by atoms with van der Waals surface area (Å²) in [4.78, 5) is 25.4. The van der Waals surface area contributed by atoms with Gasteiger partial charge in [-0.2, -0.15) is 21.6 Å². The zero-order valence-corrected chi connectivity index (χ0v) is 19.6. The first-order valence-corrected chi connectivity index (χ1v) is 11.7. The van der Waals surface area contributed by atoms with E-state index in [1.807, 2.05) is 0 Å². The highest BCUT2D eigenvalue weighted by Crippen LogP contribution is 2.54. The van der Waals surface area contributed by atoms with Crippen molar-refractivity contribution in [1.29, 1.82) is 0 Å². The molecule has 4 rings (SSSR count). The van der Waals surface area contributed by atoms with E-state index in [0.717, 1.165) is 12.1 Å². The highest BCUT2D eigenvalue weighted by molar-refractivity contribution is 7.88. The minimum absolute atomic E-state index is 0.0265. The molecule has 0 N–H and O–H groups in total. The molecule has 0 aromatic heterocycles. The van der Waals surface area contributed by atoms with Crippen molar-refractivity contribution in [2.45, 2.75) is 42.5 Å². The fourth-order valence-corrected chi connectivity index (χ4v) is 4.82. The van der Waals surface area contributed by atoms with Gasteiger partial charge >= 0.3 is 15.6 Å². The van der Waals surface area contributed by atoms with Crippen molar-refractivity contribution in [2.75, 3.05) is 27.7 Å². The van der Waals surface area contributed by atoms with Crippen LogP contribution >= 0.6 is 0 Å². The fraction of sp³-hybridized carbons (Fsp3) is 0.550. The van der Waals surface area contributed by atoms with Gasteiger partial charge in [-0.05, 0) is 38.0 Å². The molecule has 0 bridgehead atoms. The third-order valence-corrected chi connectivity index (χ3v) is 6.82. The smallest absolute Gasteiger partial charge is 0.484 e. The second-order valence-corrected chi connectivity index (χ2v) is 10.2. The Hall–Kier alpha value is -2.87. The lowest BCUT2D eigenvalue weighted by molar-refractivity contribution is -0.175. The maximum atomic E-state index is 13.7. The summed E-state index contributed by atoms with van der Waals surface area (Å²) in [6, 6.07) is 3.31. The van der Waals surface area contributed by atoms with Gasteiger partial charge in [-0.25, -0.2) is 9.98 Å². The highest BCUT2D eigenvalue weighted by Gasteiger charge is 2.65. The maximum Gasteiger partial charge on any atom is 0.534 e. The lowest BCUT2D eigenvalue weighted by atomic mass is 9.71. The molecule has 1 fully saturated rings. The van der Waals surface area contributed by atoms with Crippen LogP contribution in [0.15, 0.2) is 28.2 Å². The molecule has 3 unspecified atom stereocenters. The second kappa shape index (κ2) is 7.83. The molecule has 10 nitrogen and oxygen atoms in total. The number of ether oxygens (including phenoxy) is 2. The number of carbonyl (C=O) groups is 1. The molecule has 1 aromatic carbocycles. The number of nitrogens with zero attached hydrogens (tertiary/aromatic N) is 4. The Morgan fingerprint density at radius 2 is 2.06 bits per heavy atom. The summed E-state index contributed by atoms with van der Waals surface area (Å²) in [6.07, 6.45) is 1.68. The van der Waals surface area contributed by atoms with Crippen molar-refractivity contribution >= 4 is 28.3 Å². The summed E-state index contributed by atoms with van der Waals surface area (Å²) in [5.74, 6) is -0.979.